The zero-order valence-corrected chi connectivity index (χ0v) is 12.6. The molecule has 3 rings (SSSR count). The first kappa shape index (κ1) is 13.7. The molecule has 0 fully saturated rings. The molecule has 2 aliphatic heterocycles. The van der Waals surface area contributed by atoms with Crippen LogP contribution in [0.2, 0.25) is 0 Å². The average molecular weight is 286 g/mol. The molecule has 0 saturated carbocycles. The molecule has 2 heterocycles. The second-order valence-corrected chi connectivity index (χ2v) is 5.96. The maximum absolute atomic E-state index is 12.4. The second kappa shape index (κ2) is 4.62. The van der Waals surface area contributed by atoms with Crippen LogP contribution in [0.15, 0.2) is 33.5 Å². The molecule has 1 aromatic carbocycles. The molecule has 0 aliphatic carbocycles. The van der Waals surface area contributed by atoms with E-state index in [2.05, 4.69) is 5.10 Å². The number of ether oxygens (including phenoxy) is 1. The van der Waals surface area contributed by atoms with Crippen molar-refractivity contribution in [3.63, 3.8) is 0 Å². The van der Waals surface area contributed by atoms with Gasteiger partial charge in [-0.05, 0) is 39.8 Å². The molecule has 0 N–H and O–H groups in total. The summed E-state index contributed by atoms with van der Waals surface area (Å²) in [5.41, 5.74) is 0.585. The molecule has 0 saturated heterocycles. The number of hydrogen-bond acceptors (Lipinski definition) is 4. The third kappa shape index (κ3) is 2.18. The van der Waals surface area contributed by atoms with Crippen LogP contribution in [0.3, 0.4) is 0 Å². The van der Waals surface area contributed by atoms with Gasteiger partial charge in [-0.15, -0.1) is 5.10 Å². The van der Waals surface area contributed by atoms with Gasteiger partial charge in [0, 0.05) is 5.39 Å². The summed E-state index contributed by atoms with van der Waals surface area (Å²) >= 11 is 0. The molecule has 110 valence electrons. The van der Waals surface area contributed by atoms with Crippen molar-refractivity contribution >= 4 is 11.0 Å². The van der Waals surface area contributed by atoms with Crippen molar-refractivity contribution in [1.82, 2.24) is 9.78 Å². The minimum atomic E-state index is -0.388. The summed E-state index contributed by atoms with van der Waals surface area (Å²) in [6, 6.07) is 7.44. The van der Waals surface area contributed by atoms with Gasteiger partial charge in [-0.25, -0.2) is 4.68 Å². The smallest absolute Gasteiger partial charge is 0.280 e. The van der Waals surface area contributed by atoms with Crippen molar-refractivity contribution in [3.05, 3.63) is 34.6 Å². The van der Waals surface area contributed by atoms with E-state index in [1.807, 2.05) is 52.0 Å². The highest BCUT2D eigenvalue weighted by atomic mass is 16.5. The van der Waals surface area contributed by atoms with Crippen molar-refractivity contribution in [1.29, 1.82) is 0 Å². The Labute approximate surface area is 122 Å². The van der Waals surface area contributed by atoms with Gasteiger partial charge >= 0.3 is 0 Å². The Bertz CT molecular complexity index is 824. The Morgan fingerprint density at radius 2 is 2.10 bits per heavy atom. The lowest BCUT2D eigenvalue weighted by atomic mass is 10.1. The molecule has 0 atom stereocenters. The summed E-state index contributed by atoms with van der Waals surface area (Å²) in [5, 5.41) is 5.15. The average Bonchev–Trinajstić information content (AvgIpc) is 2.74. The summed E-state index contributed by atoms with van der Waals surface area (Å²) in [5.74, 6) is 1.00. The predicted octanol–water partition coefficient (Wildman–Crippen LogP) is 3.25. The van der Waals surface area contributed by atoms with Gasteiger partial charge < -0.3 is 9.15 Å². The number of hydrogen-bond donors (Lipinski definition) is 0. The third-order valence-corrected chi connectivity index (χ3v) is 3.29. The zero-order chi connectivity index (χ0) is 15.2. The molecule has 0 bridgehead atoms. The first-order valence-electron chi connectivity index (χ1n) is 7.00. The van der Waals surface area contributed by atoms with Gasteiger partial charge in [0.2, 0.25) is 5.89 Å². The summed E-state index contributed by atoms with van der Waals surface area (Å²) < 4.78 is 12.9. The summed E-state index contributed by atoms with van der Waals surface area (Å²) in [4.78, 5) is 12.4. The van der Waals surface area contributed by atoms with Gasteiger partial charge in [-0.1, -0.05) is 12.1 Å². The van der Waals surface area contributed by atoms with Crippen LogP contribution in [0, 0.1) is 0 Å². The van der Waals surface area contributed by atoms with Gasteiger partial charge in [0.15, 0.2) is 11.3 Å². The number of benzene rings is 1. The van der Waals surface area contributed by atoms with Gasteiger partial charge in [0.1, 0.15) is 5.56 Å². The van der Waals surface area contributed by atoms with E-state index in [1.165, 1.54) is 4.68 Å². The highest BCUT2D eigenvalue weighted by molar-refractivity contribution is 5.86. The van der Waals surface area contributed by atoms with Gasteiger partial charge in [0.05, 0.1) is 12.1 Å². The van der Waals surface area contributed by atoms with Crippen LogP contribution in [0.4, 0.5) is 0 Å². The number of nitrogens with zero attached hydrogens (tertiary/aromatic N) is 2. The van der Waals surface area contributed by atoms with Crippen molar-refractivity contribution in [2.45, 2.75) is 33.2 Å². The summed E-state index contributed by atoms with van der Waals surface area (Å²) in [6.07, 6.45) is 0. The lowest BCUT2D eigenvalue weighted by Crippen LogP contribution is -2.32. The Kier molecular flexibility index (Phi) is 3.01. The monoisotopic (exact) mass is 286 g/mol. The summed E-state index contributed by atoms with van der Waals surface area (Å²) in [7, 11) is 0. The van der Waals surface area contributed by atoms with E-state index in [1.54, 1.807) is 0 Å². The normalized spacial score (nSPS) is 12.2. The molecular formula is C16H18N2O3. The largest absolute Gasteiger partial charge is 0.490 e. The molecule has 2 aliphatic rings. The van der Waals surface area contributed by atoms with Crippen LogP contribution in [0.5, 0.6) is 5.75 Å². The maximum atomic E-state index is 12.4. The SMILES string of the molecule is CCOc1cccc2cc3c(=O)n(C(C)(C)C)nc-3oc12. The third-order valence-electron chi connectivity index (χ3n) is 3.29. The van der Waals surface area contributed by atoms with E-state index in [-0.39, 0.29) is 11.1 Å². The number of rotatable bonds is 2. The fourth-order valence-electron chi connectivity index (χ4n) is 2.33. The zero-order valence-electron chi connectivity index (χ0n) is 12.6. The molecule has 21 heavy (non-hydrogen) atoms. The lowest BCUT2D eigenvalue weighted by Gasteiger charge is -2.16. The van der Waals surface area contributed by atoms with Crippen molar-refractivity contribution in [2.24, 2.45) is 0 Å². The van der Waals surface area contributed by atoms with E-state index >= 15 is 0 Å². The molecule has 5 heteroatoms. The van der Waals surface area contributed by atoms with Crippen LogP contribution in [0.25, 0.3) is 22.4 Å². The molecule has 5 nitrogen and oxygen atoms in total. The molecule has 0 aromatic heterocycles. The Morgan fingerprint density at radius 3 is 2.76 bits per heavy atom. The van der Waals surface area contributed by atoms with Crippen LogP contribution in [-0.4, -0.2) is 16.4 Å². The van der Waals surface area contributed by atoms with Crippen molar-refractivity contribution in [2.75, 3.05) is 6.61 Å². The Morgan fingerprint density at radius 1 is 1.33 bits per heavy atom. The van der Waals surface area contributed by atoms with E-state index in [0.29, 0.717) is 29.4 Å². The topological polar surface area (TPSA) is 57.3 Å². The quantitative estimate of drug-likeness (QED) is 0.725. The molecule has 0 amide bonds. The minimum absolute atomic E-state index is 0.134. The van der Waals surface area contributed by atoms with Gasteiger partial charge in [-0.2, -0.15) is 0 Å². The van der Waals surface area contributed by atoms with Gasteiger partial charge in [0.25, 0.3) is 5.56 Å². The van der Waals surface area contributed by atoms with E-state index < -0.39 is 0 Å². The van der Waals surface area contributed by atoms with Crippen LogP contribution in [0.1, 0.15) is 27.7 Å². The second-order valence-electron chi connectivity index (χ2n) is 5.96. The number of aromatic nitrogens is 2. The molecular weight excluding hydrogens is 268 g/mol. The molecule has 0 spiro atoms. The van der Waals surface area contributed by atoms with E-state index in [4.69, 9.17) is 9.15 Å². The van der Waals surface area contributed by atoms with E-state index in [0.717, 1.165) is 5.39 Å². The minimum Gasteiger partial charge on any atom is -0.490 e. The molecule has 1 aromatic rings. The maximum Gasteiger partial charge on any atom is 0.280 e. The van der Waals surface area contributed by atoms with Crippen LogP contribution < -0.4 is 10.3 Å². The highest BCUT2D eigenvalue weighted by Gasteiger charge is 2.25. The standard InChI is InChI=1S/C16H18N2O3/c1-5-20-12-8-6-7-10-9-11-14(21-13(10)12)17-18(15(11)19)16(2,3)4/h6-9H,5H2,1-4H3. The van der Waals surface area contributed by atoms with Crippen LogP contribution in [-0.2, 0) is 5.54 Å². The highest BCUT2D eigenvalue weighted by Crippen LogP contribution is 2.31. The lowest BCUT2D eigenvalue weighted by molar-refractivity contribution is 0.334. The molecule has 0 radical (unpaired) electrons. The fraction of sp³-hybridized carbons (Fsp3) is 0.375. The van der Waals surface area contributed by atoms with Crippen molar-refractivity contribution in [3.8, 4) is 17.2 Å². The molecule has 0 unspecified atom stereocenters. The first-order valence-corrected chi connectivity index (χ1v) is 7.00. The Balaban J connectivity index is 2.33. The van der Waals surface area contributed by atoms with Crippen molar-refractivity contribution < 1.29 is 9.15 Å². The Hall–Kier alpha value is -2.30. The van der Waals surface area contributed by atoms with Crippen LogP contribution >= 0.6 is 0 Å². The number of para-hydroxylation sites is 1. The van der Waals surface area contributed by atoms with E-state index in [9.17, 15) is 4.79 Å². The fourth-order valence-corrected chi connectivity index (χ4v) is 2.33. The first-order chi connectivity index (χ1) is 9.91. The van der Waals surface area contributed by atoms with Gasteiger partial charge in [-0.3, -0.25) is 4.79 Å². The summed E-state index contributed by atoms with van der Waals surface area (Å²) in [6.45, 7) is 8.28. The predicted molar refractivity (Wildman–Crippen MR) is 81.1 cm³/mol. The number of fused-ring (bicyclic) bond motifs is 2.